The Balaban J connectivity index is 1.76. The van der Waals surface area contributed by atoms with Gasteiger partial charge in [-0.15, -0.1) is 0 Å². The average Bonchev–Trinajstić information content (AvgIpc) is 3.00. The van der Waals surface area contributed by atoms with Gasteiger partial charge >= 0.3 is 5.97 Å². The number of pyridine rings is 1. The minimum absolute atomic E-state index is 0.312. The number of rotatable bonds is 12. The second kappa shape index (κ2) is 13.3. The first-order chi connectivity index (χ1) is 19.5. The van der Waals surface area contributed by atoms with Crippen LogP contribution in [-0.4, -0.2) is 51.7 Å². The highest BCUT2D eigenvalue weighted by molar-refractivity contribution is 6.18. The molecular weight excluding hydrogens is 512 g/mol. The third kappa shape index (κ3) is 6.26. The van der Waals surface area contributed by atoms with Gasteiger partial charge < -0.3 is 28.5 Å². The minimum atomic E-state index is -0.627. The van der Waals surface area contributed by atoms with Crippen molar-refractivity contribution in [3.05, 3.63) is 83.7 Å². The molecule has 40 heavy (non-hydrogen) atoms. The zero-order valence-corrected chi connectivity index (χ0v) is 23.2. The maximum atomic E-state index is 13.0. The van der Waals surface area contributed by atoms with E-state index in [9.17, 15) is 4.79 Å². The van der Waals surface area contributed by atoms with Crippen molar-refractivity contribution >= 4 is 22.5 Å². The Morgan fingerprint density at radius 1 is 0.775 bits per heavy atom. The van der Waals surface area contributed by atoms with Crippen LogP contribution in [0.4, 0.5) is 0 Å². The van der Waals surface area contributed by atoms with Crippen LogP contribution in [0.2, 0.25) is 0 Å². The molecule has 9 nitrogen and oxygen atoms in total. The number of oxime groups is 1. The van der Waals surface area contributed by atoms with E-state index in [1.807, 2.05) is 18.2 Å². The van der Waals surface area contributed by atoms with Gasteiger partial charge in [-0.25, -0.2) is 4.79 Å². The molecule has 0 saturated carbocycles. The number of carbonyl (C=O) groups excluding carboxylic acids is 1. The summed E-state index contributed by atoms with van der Waals surface area (Å²) in [5, 5.41) is 5.86. The standard InChI is InChI=1S/C31H32N2O7/c1-6-7-16-39-23-11-8-20(9-12-23)31(34)40-33-29(22-10-13-25(35-2)26(18-22)36-3)30-24-19-28(38-5)27(37-4)17-21(24)14-15-32-30/h8-15,17-19H,6-7,16H2,1-5H3/b33-29+. The van der Waals surface area contributed by atoms with Gasteiger partial charge in [0.1, 0.15) is 17.2 Å². The van der Waals surface area contributed by atoms with Crippen LogP contribution in [0.5, 0.6) is 28.7 Å². The summed E-state index contributed by atoms with van der Waals surface area (Å²) in [7, 11) is 6.23. The molecule has 3 aromatic carbocycles. The van der Waals surface area contributed by atoms with Crippen molar-refractivity contribution < 1.29 is 33.3 Å². The van der Waals surface area contributed by atoms with Crippen LogP contribution in [0.15, 0.2) is 72.0 Å². The minimum Gasteiger partial charge on any atom is -0.494 e. The molecule has 0 aliphatic heterocycles. The average molecular weight is 545 g/mol. The molecule has 0 radical (unpaired) electrons. The van der Waals surface area contributed by atoms with E-state index >= 15 is 0 Å². The highest BCUT2D eigenvalue weighted by atomic mass is 16.7. The summed E-state index contributed by atoms with van der Waals surface area (Å²) in [6.07, 6.45) is 3.65. The second-order valence-electron chi connectivity index (χ2n) is 8.70. The van der Waals surface area contributed by atoms with Crippen LogP contribution in [0.1, 0.15) is 41.4 Å². The van der Waals surface area contributed by atoms with Gasteiger partial charge in [0.05, 0.1) is 40.6 Å². The van der Waals surface area contributed by atoms with Gasteiger partial charge in [0.15, 0.2) is 23.0 Å². The number of nitrogens with zero attached hydrogens (tertiary/aromatic N) is 2. The van der Waals surface area contributed by atoms with Gasteiger partial charge in [0.2, 0.25) is 0 Å². The Kier molecular flexibility index (Phi) is 9.40. The smallest absolute Gasteiger partial charge is 0.365 e. The lowest BCUT2D eigenvalue weighted by Crippen LogP contribution is -2.11. The van der Waals surface area contributed by atoms with Crippen LogP contribution in [0.25, 0.3) is 10.8 Å². The van der Waals surface area contributed by atoms with E-state index in [0.717, 1.165) is 23.6 Å². The van der Waals surface area contributed by atoms with Crippen molar-refractivity contribution in [2.45, 2.75) is 19.8 Å². The van der Waals surface area contributed by atoms with Crippen LogP contribution in [-0.2, 0) is 4.84 Å². The van der Waals surface area contributed by atoms with Gasteiger partial charge in [0.25, 0.3) is 0 Å². The number of methoxy groups -OCH3 is 4. The van der Waals surface area contributed by atoms with Crippen LogP contribution in [0.3, 0.4) is 0 Å². The molecule has 0 atom stereocenters. The van der Waals surface area contributed by atoms with Crippen molar-refractivity contribution in [1.29, 1.82) is 0 Å². The molecular formula is C31H32N2O7. The summed E-state index contributed by atoms with van der Waals surface area (Å²) in [6, 6.07) is 17.5. The molecule has 0 bridgehead atoms. The van der Waals surface area contributed by atoms with E-state index in [1.165, 1.54) is 0 Å². The largest absolute Gasteiger partial charge is 0.494 e. The molecule has 4 aromatic rings. The molecule has 0 unspecified atom stereocenters. The SMILES string of the molecule is CCCCOc1ccc(C(=O)O/N=C(\c2ccc(OC)c(OC)c2)c2nccc3cc(OC)c(OC)cc23)cc1. The van der Waals surface area contributed by atoms with Crippen molar-refractivity contribution in [1.82, 2.24) is 4.98 Å². The first-order valence-corrected chi connectivity index (χ1v) is 12.8. The molecule has 0 spiro atoms. The summed E-state index contributed by atoms with van der Waals surface area (Å²) in [5.41, 5.74) is 1.71. The summed E-state index contributed by atoms with van der Waals surface area (Å²) >= 11 is 0. The monoisotopic (exact) mass is 544 g/mol. The first-order valence-electron chi connectivity index (χ1n) is 12.8. The summed E-state index contributed by atoms with van der Waals surface area (Å²) in [5.74, 6) is 2.18. The van der Waals surface area contributed by atoms with Crippen LogP contribution < -0.4 is 23.7 Å². The van der Waals surface area contributed by atoms with E-state index in [0.29, 0.717) is 57.9 Å². The van der Waals surface area contributed by atoms with E-state index in [-0.39, 0.29) is 0 Å². The van der Waals surface area contributed by atoms with E-state index in [2.05, 4.69) is 17.1 Å². The van der Waals surface area contributed by atoms with Gasteiger partial charge in [0, 0.05) is 17.1 Å². The summed E-state index contributed by atoms with van der Waals surface area (Å²) in [6.45, 7) is 2.72. The number of aromatic nitrogens is 1. The Labute approximate surface area is 233 Å². The Morgan fingerprint density at radius 3 is 2.10 bits per heavy atom. The topological polar surface area (TPSA) is 97.7 Å². The molecule has 4 rings (SSSR count). The number of unbranched alkanes of at least 4 members (excludes halogenated alkanes) is 1. The number of hydrogen-bond acceptors (Lipinski definition) is 9. The van der Waals surface area contributed by atoms with E-state index < -0.39 is 5.97 Å². The zero-order valence-electron chi connectivity index (χ0n) is 23.2. The van der Waals surface area contributed by atoms with Crippen LogP contribution in [0, 0.1) is 0 Å². The predicted molar refractivity (Wildman–Crippen MR) is 152 cm³/mol. The molecule has 1 heterocycles. The summed E-state index contributed by atoms with van der Waals surface area (Å²) in [4.78, 5) is 23.0. The Morgan fingerprint density at radius 2 is 1.43 bits per heavy atom. The molecule has 0 amide bonds. The fourth-order valence-corrected chi connectivity index (χ4v) is 4.07. The lowest BCUT2D eigenvalue weighted by molar-refractivity contribution is 0.0517. The number of ether oxygens (including phenoxy) is 5. The van der Waals surface area contributed by atoms with Crippen molar-refractivity contribution in [3.8, 4) is 28.7 Å². The third-order valence-electron chi connectivity index (χ3n) is 6.23. The van der Waals surface area contributed by atoms with Gasteiger partial charge in [-0.3, -0.25) is 4.98 Å². The quantitative estimate of drug-likeness (QED) is 0.0919. The number of hydrogen-bond donors (Lipinski definition) is 0. The van der Waals surface area contributed by atoms with Crippen molar-refractivity contribution in [2.24, 2.45) is 5.16 Å². The lowest BCUT2D eigenvalue weighted by Gasteiger charge is -2.14. The number of carbonyl (C=O) groups is 1. The predicted octanol–water partition coefficient (Wildman–Crippen LogP) is 6.06. The zero-order chi connectivity index (χ0) is 28.5. The van der Waals surface area contributed by atoms with Gasteiger partial charge in [-0.1, -0.05) is 18.5 Å². The number of fused-ring (bicyclic) bond motifs is 1. The molecule has 1 aromatic heterocycles. The molecule has 0 aliphatic carbocycles. The van der Waals surface area contributed by atoms with E-state index in [4.69, 9.17) is 28.5 Å². The highest BCUT2D eigenvalue weighted by Crippen LogP contribution is 2.35. The maximum absolute atomic E-state index is 13.0. The highest BCUT2D eigenvalue weighted by Gasteiger charge is 2.19. The molecule has 208 valence electrons. The maximum Gasteiger partial charge on any atom is 0.365 e. The molecule has 0 fully saturated rings. The van der Waals surface area contributed by atoms with Crippen molar-refractivity contribution in [3.63, 3.8) is 0 Å². The fraction of sp³-hybridized carbons (Fsp3) is 0.258. The molecule has 9 heteroatoms. The first kappa shape index (κ1) is 28.2. The molecule has 0 N–H and O–H groups in total. The normalized spacial score (nSPS) is 11.2. The van der Waals surface area contributed by atoms with Crippen molar-refractivity contribution in [2.75, 3.05) is 35.0 Å². The molecule has 0 aliphatic rings. The number of benzene rings is 3. The second-order valence-corrected chi connectivity index (χ2v) is 8.70. The summed E-state index contributed by atoms with van der Waals surface area (Å²) < 4.78 is 27.6. The van der Waals surface area contributed by atoms with Gasteiger partial charge in [-0.2, -0.15) is 0 Å². The Bertz CT molecular complexity index is 1500. The van der Waals surface area contributed by atoms with Gasteiger partial charge in [-0.05, 0) is 72.5 Å². The fourth-order valence-electron chi connectivity index (χ4n) is 4.07. The van der Waals surface area contributed by atoms with Crippen LogP contribution >= 0.6 is 0 Å². The Hall–Kier alpha value is -4.79. The van der Waals surface area contributed by atoms with E-state index in [1.54, 1.807) is 77.1 Å². The third-order valence-corrected chi connectivity index (χ3v) is 6.23. The lowest BCUT2D eigenvalue weighted by atomic mass is 10.0. The molecule has 0 saturated heterocycles.